The maximum atomic E-state index is 12.4. The number of hydrogen-bond acceptors (Lipinski definition) is 2. The van der Waals surface area contributed by atoms with E-state index in [1.165, 1.54) is 0 Å². The second kappa shape index (κ2) is 6.72. The Labute approximate surface area is 130 Å². The van der Waals surface area contributed by atoms with Crippen LogP contribution in [-0.2, 0) is 6.61 Å². The van der Waals surface area contributed by atoms with Crippen LogP contribution in [0.1, 0.15) is 21.5 Å². The summed E-state index contributed by atoms with van der Waals surface area (Å²) >= 11 is 0. The summed E-state index contributed by atoms with van der Waals surface area (Å²) in [7, 11) is 0. The first-order valence-electron chi connectivity index (χ1n) is 7.19. The monoisotopic (exact) mass is 288 g/mol. The fourth-order valence-electron chi connectivity index (χ4n) is 2.22. The van der Waals surface area contributed by atoms with Crippen LogP contribution in [0.2, 0.25) is 0 Å². The Morgan fingerprint density at radius 3 is 2.09 bits per heavy atom. The molecule has 3 rings (SSSR count). The van der Waals surface area contributed by atoms with Crippen LogP contribution in [0.25, 0.3) is 0 Å². The van der Waals surface area contributed by atoms with Gasteiger partial charge >= 0.3 is 0 Å². The van der Waals surface area contributed by atoms with Gasteiger partial charge in [0.2, 0.25) is 0 Å². The summed E-state index contributed by atoms with van der Waals surface area (Å²) in [6.45, 7) is 0.490. The summed E-state index contributed by atoms with van der Waals surface area (Å²) in [4.78, 5) is 12.4. The zero-order valence-electron chi connectivity index (χ0n) is 12.1. The molecule has 0 amide bonds. The smallest absolute Gasteiger partial charge is 0.193 e. The SMILES string of the molecule is O=C(c1ccccc1)c1cccc(OCc2ccccc2)c1. The minimum Gasteiger partial charge on any atom is -0.489 e. The van der Waals surface area contributed by atoms with Crippen molar-refractivity contribution in [2.75, 3.05) is 0 Å². The Balaban J connectivity index is 1.74. The van der Waals surface area contributed by atoms with Gasteiger partial charge in [0.15, 0.2) is 5.78 Å². The number of carbonyl (C=O) groups is 1. The molecular formula is C20H16O2. The normalized spacial score (nSPS) is 10.2. The molecule has 22 heavy (non-hydrogen) atoms. The zero-order valence-corrected chi connectivity index (χ0v) is 12.1. The number of hydrogen-bond donors (Lipinski definition) is 0. The maximum Gasteiger partial charge on any atom is 0.193 e. The van der Waals surface area contributed by atoms with Crippen LogP contribution in [-0.4, -0.2) is 5.78 Å². The lowest BCUT2D eigenvalue weighted by Crippen LogP contribution is -2.02. The molecule has 0 saturated heterocycles. The van der Waals surface area contributed by atoms with Crippen molar-refractivity contribution < 1.29 is 9.53 Å². The minimum atomic E-state index is 0.00533. The second-order valence-electron chi connectivity index (χ2n) is 5.00. The van der Waals surface area contributed by atoms with Gasteiger partial charge in [-0.1, -0.05) is 72.8 Å². The molecule has 0 aliphatic heterocycles. The molecule has 0 aromatic heterocycles. The van der Waals surface area contributed by atoms with Gasteiger partial charge in [0.05, 0.1) is 0 Å². The first kappa shape index (κ1) is 14.1. The van der Waals surface area contributed by atoms with Crippen molar-refractivity contribution in [1.29, 1.82) is 0 Å². The molecule has 0 unspecified atom stereocenters. The van der Waals surface area contributed by atoms with Gasteiger partial charge in [0, 0.05) is 11.1 Å². The highest BCUT2D eigenvalue weighted by molar-refractivity contribution is 6.09. The minimum absolute atomic E-state index is 0.00533. The molecule has 0 fully saturated rings. The molecule has 0 N–H and O–H groups in total. The second-order valence-corrected chi connectivity index (χ2v) is 5.00. The first-order valence-corrected chi connectivity index (χ1v) is 7.19. The van der Waals surface area contributed by atoms with Gasteiger partial charge in [-0.25, -0.2) is 0 Å². The number of rotatable bonds is 5. The molecule has 0 spiro atoms. The standard InChI is InChI=1S/C20H16O2/c21-20(17-10-5-2-6-11-17)18-12-7-13-19(14-18)22-15-16-8-3-1-4-9-16/h1-14H,15H2. The first-order chi connectivity index (χ1) is 10.8. The van der Waals surface area contributed by atoms with E-state index in [0.29, 0.717) is 23.5 Å². The quantitative estimate of drug-likeness (QED) is 0.646. The van der Waals surface area contributed by atoms with Crippen LogP contribution >= 0.6 is 0 Å². The van der Waals surface area contributed by atoms with Crippen LogP contribution in [0.3, 0.4) is 0 Å². The number of ketones is 1. The molecule has 0 aliphatic carbocycles. The summed E-state index contributed by atoms with van der Waals surface area (Å²) < 4.78 is 5.77. The van der Waals surface area contributed by atoms with Crippen molar-refractivity contribution in [1.82, 2.24) is 0 Å². The summed E-state index contributed by atoms with van der Waals surface area (Å²) in [5.74, 6) is 0.705. The van der Waals surface area contributed by atoms with Gasteiger partial charge in [-0.15, -0.1) is 0 Å². The lowest BCUT2D eigenvalue weighted by molar-refractivity contribution is 0.103. The third-order valence-corrected chi connectivity index (χ3v) is 3.38. The summed E-state index contributed by atoms with van der Waals surface area (Å²) in [5.41, 5.74) is 2.42. The van der Waals surface area contributed by atoms with Gasteiger partial charge in [-0.2, -0.15) is 0 Å². The van der Waals surface area contributed by atoms with Crippen LogP contribution in [0.5, 0.6) is 5.75 Å². The third kappa shape index (κ3) is 3.41. The van der Waals surface area contributed by atoms with Crippen molar-refractivity contribution in [2.45, 2.75) is 6.61 Å². The van der Waals surface area contributed by atoms with E-state index in [4.69, 9.17) is 4.74 Å². The molecule has 0 saturated carbocycles. The number of carbonyl (C=O) groups excluding carboxylic acids is 1. The molecule has 0 heterocycles. The predicted molar refractivity (Wildman–Crippen MR) is 87.1 cm³/mol. The summed E-state index contributed by atoms with van der Waals surface area (Å²) in [6.07, 6.45) is 0. The summed E-state index contributed by atoms with van der Waals surface area (Å²) in [5, 5.41) is 0. The highest BCUT2D eigenvalue weighted by Gasteiger charge is 2.09. The third-order valence-electron chi connectivity index (χ3n) is 3.38. The van der Waals surface area contributed by atoms with E-state index in [-0.39, 0.29) is 5.78 Å². The van der Waals surface area contributed by atoms with E-state index >= 15 is 0 Å². The molecule has 2 nitrogen and oxygen atoms in total. The highest BCUT2D eigenvalue weighted by atomic mass is 16.5. The average molecular weight is 288 g/mol. The van der Waals surface area contributed by atoms with Gasteiger partial charge in [-0.05, 0) is 17.7 Å². The highest BCUT2D eigenvalue weighted by Crippen LogP contribution is 2.18. The van der Waals surface area contributed by atoms with Crippen LogP contribution < -0.4 is 4.74 Å². The molecule has 0 radical (unpaired) electrons. The van der Waals surface area contributed by atoms with Gasteiger partial charge in [0.1, 0.15) is 12.4 Å². The Kier molecular flexibility index (Phi) is 4.30. The number of benzene rings is 3. The van der Waals surface area contributed by atoms with E-state index in [1.54, 1.807) is 6.07 Å². The Morgan fingerprint density at radius 1 is 0.727 bits per heavy atom. The predicted octanol–water partition coefficient (Wildman–Crippen LogP) is 4.50. The molecular weight excluding hydrogens is 272 g/mol. The molecule has 0 atom stereocenters. The van der Waals surface area contributed by atoms with Crippen LogP contribution in [0.4, 0.5) is 0 Å². The lowest BCUT2D eigenvalue weighted by Gasteiger charge is -2.08. The zero-order chi connectivity index (χ0) is 15.2. The largest absolute Gasteiger partial charge is 0.489 e. The molecule has 0 aliphatic rings. The Bertz CT molecular complexity index is 749. The average Bonchev–Trinajstić information content (AvgIpc) is 2.61. The van der Waals surface area contributed by atoms with E-state index in [9.17, 15) is 4.79 Å². The Morgan fingerprint density at radius 2 is 1.36 bits per heavy atom. The molecule has 108 valence electrons. The van der Waals surface area contributed by atoms with Crippen LogP contribution in [0.15, 0.2) is 84.9 Å². The van der Waals surface area contributed by atoms with Crippen molar-refractivity contribution in [3.05, 3.63) is 102 Å². The van der Waals surface area contributed by atoms with Crippen molar-refractivity contribution in [3.63, 3.8) is 0 Å². The molecule has 3 aromatic carbocycles. The molecule has 3 aromatic rings. The lowest BCUT2D eigenvalue weighted by atomic mass is 10.0. The van der Waals surface area contributed by atoms with Crippen molar-refractivity contribution in [2.24, 2.45) is 0 Å². The summed E-state index contributed by atoms with van der Waals surface area (Å²) in [6, 6.07) is 26.5. The van der Waals surface area contributed by atoms with Crippen LogP contribution in [0, 0.1) is 0 Å². The van der Waals surface area contributed by atoms with Gasteiger partial charge < -0.3 is 4.74 Å². The van der Waals surface area contributed by atoms with Crippen molar-refractivity contribution in [3.8, 4) is 5.75 Å². The van der Waals surface area contributed by atoms with E-state index < -0.39 is 0 Å². The maximum absolute atomic E-state index is 12.4. The van der Waals surface area contributed by atoms with E-state index in [1.807, 2.05) is 78.9 Å². The van der Waals surface area contributed by atoms with E-state index in [0.717, 1.165) is 5.56 Å². The van der Waals surface area contributed by atoms with E-state index in [2.05, 4.69) is 0 Å². The van der Waals surface area contributed by atoms with Gasteiger partial charge in [-0.3, -0.25) is 4.79 Å². The molecule has 2 heteroatoms. The number of ether oxygens (including phenoxy) is 1. The topological polar surface area (TPSA) is 26.3 Å². The fourth-order valence-corrected chi connectivity index (χ4v) is 2.22. The molecule has 0 bridgehead atoms. The fraction of sp³-hybridized carbons (Fsp3) is 0.0500. The van der Waals surface area contributed by atoms with Crippen molar-refractivity contribution >= 4 is 5.78 Å². The Hall–Kier alpha value is -2.87. The van der Waals surface area contributed by atoms with Gasteiger partial charge in [0.25, 0.3) is 0 Å².